The zero-order chi connectivity index (χ0) is 20.5. The molecule has 4 nitrogen and oxygen atoms in total. The highest BCUT2D eigenvalue weighted by atomic mass is 32.1. The Morgan fingerprint density at radius 3 is 2.79 bits per heavy atom. The number of rotatable bonds is 5. The number of amides is 1. The molecule has 29 heavy (non-hydrogen) atoms. The topological polar surface area (TPSA) is 38.1 Å². The minimum atomic E-state index is -0.00256. The number of carbonyl (C=O) groups excluding carboxylic acids is 1. The van der Waals surface area contributed by atoms with E-state index in [4.69, 9.17) is 0 Å². The highest BCUT2D eigenvalue weighted by molar-refractivity contribution is 7.12. The van der Waals surface area contributed by atoms with Crippen molar-refractivity contribution in [3.8, 4) is 11.1 Å². The van der Waals surface area contributed by atoms with Crippen molar-refractivity contribution in [1.82, 2.24) is 14.7 Å². The molecule has 1 aliphatic heterocycles. The van der Waals surface area contributed by atoms with Crippen LogP contribution in [0.15, 0.2) is 49.2 Å². The van der Waals surface area contributed by atoms with Crippen molar-refractivity contribution in [3.05, 3.63) is 75.8 Å². The molecule has 1 amide bonds. The number of hydrogen-bond donors (Lipinski definition) is 0. The molecular formula is C24H27N3OS. The lowest BCUT2D eigenvalue weighted by molar-refractivity contribution is -0.127. The van der Waals surface area contributed by atoms with Gasteiger partial charge in [-0.2, -0.15) is 5.10 Å². The van der Waals surface area contributed by atoms with E-state index in [1.165, 1.54) is 43.8 Å². The summed E-state index contributed by atoms with van der Waals surface area (Å²) in [4.78, 5) is 16.9. The SMILES string of the molecule is C=CC(=O)N1Cc2sc(C)cc2[C@H](c2ccccc2-c2cnn(CC)c2CC)C1. The molecule has 0 N–H and O–H groups in total. The fourth-order valence-corrected chi connectivity index (χ4v) is 5.56. The molecule has 0 radical (unpaired) electrons. The Labute approximate surface area is 176 Å². The fraction of sp³-hybridized carbons (Fsp3) is 0.333. The first kappa shape index (κ1) is 19.6. The van der Waals surface area contributed by atoms with E-state index in [9.17, 15) is 4.79 Å². The second kappa shape index (κ2) is 7.99. The maximum atomic E-state index is 12.5. The van der Waals surface area contributed by atoms with Gasteiger partial charge in [0, 0.05) is 40.0 Å². The second-order valence-electron chi connectivity index (χ2n) is 7.47. The number of fused-ring (bicyclic) bond motifs is 1. The predicted molar refractivity (Wildman–Crippen MR) is 119 cm³/mol. The Morgan fingerprint density at radius 1 is 1.28 bits per heavy atom. The summed E-state index contributed by atoms with van der Waals surface area (Å²) in [7, 11) is 0. The molecule has 3 aromatic rings. The van der Waals surface area contributed by atoms with E-state index in [0.717, 1.165) is 13.0 Å². The number of thiophene rings is 1. The van der Waals surface area contributed by atoms with Gasteiger partial charge in [-0.1, -0.05) is 37.8 Å². The summed E-state index contributed by atoms with van der Waals surface area (Å²) in [6.07, 6.45) is 4.36. The molecule has 3 heterocycles. The van der Waals surface area contributed by atoms with Gasteiger partial charge >= 0.3 is 0 Å². The number of carbonyl (C=O) groups is 1. The van der Waals surface area contributed by atoms with Gasteiger partial charge in [0.2, 0.25) is 5.91 Å². The van der Waals surface area contributed by atoms with Gasteiger partial charge in [-0.05, 0) is 49.1 Å². The van der Waals surface area contributed by atoms with Gasteiger partial charge < -0.3 is 4.90 Å². The lowest BCUT2D eigenvalue weighted by atomic mass is 9.83. The average molecular weight is 406 g/mol. The van der Waals surface area contributed by atoms with Gasteiger partial charge in [-0.25, -0.2) is 0 Å². The molecule has 0 aliphatic carbocycles. The monoisotopic (exact) mass is 405 g/mol. The highest BCUT2D eigenvalue weighted by Crippen LogP contribution is 2.42. The lowest BCUT2D eigenvalue weighted by Crippen LogP contribution is -2.37. The minimum absolute atomic E-state index is 0.00256. The van der Waals surface area contributed by atoms with Gasteiger partial charge in [0.1, 0.15) is 0 Å². The van der Waals surface area contributed by atoms with Crippen molar-refractivity contribution >= 4 is 17.2 Å². The molecular weight excluding hydrogens is 378 g/mol. The molecule has 0 bridgehead atoms. The molecule has 1 aromatic carbocycles. The quantitative estimate of drug-likeness (QED) is 0.550. The van der Waals surface area contributed by atoms with E-state index < -0.39 is 0 Å². The molecule has 4 rings (SSSR count). The van der Waals surface area contributed by atoms with Gasteiger partial charge in [0.25, 0.3) is 0 Å². The number of benzene rings is 1. The molecule has 1 atom stereocenters. The van der Waals surface area contributed by atoms with Crippen molar-refractivity contribution in [2.24, 2.45) is 0 Å². The number of nitrogens with zero attached hydrogens (tertiary/aromatic N) is 3. The zero-order valence-corrected chi connectivity index (χ0v) is 18.1. The van der Waals surface area contributed by atoms with E-state index in [1.54, 1.807) is 11.3 Å². The van der Waals surface area contributed by atoms with Crippen molar-refractivity contribution in [3.63, 3.8) is 0 Å². The summed E-state index contributed by atoms with van der Waals surface area (Å²) in [5.74, 6) is 0.149. The maximum Gasteiger partial charge on any atom is 0.246 e. The van der Waals surface area contributed by atoms with Crippen LogP contribution in [0.2, 0.25) is 0 Å². The van der Waals surface area contributed by atoms with Gasteiger partial charge in [0.05, 0.1) is 12.7 Å². The van der Waals surface area contributed by atoms with Gasteiger partial charge in [-0.15, -0.1) is 11.3 Å². The first-order valence-corrected chi connectivity index (χ1v) is 11.0. The van der Waals surface area contributed by atoms with Crippen LogP contribution in [0.1, 0.15) is 46.3 Å². The Balaban J connectivity index is 1.86. The molecule has 5 heteroatoms. The van der Waals surface area contributed by atoms with Gasteiger partial charge in [0.15, 0.2) is 0 Å². The molecule has 0 saturated heterocycles. The Hall–Kier alpha value is -2.66. The second-order valence-corrected chi connectivity index (χ2v) is 8.81. The third kappa shape index (κ3) is 3.44. The van der Waals surface area contributed by atoms with E-state index in [-0.39, 0.29) is 11.8 Å². The van der Waals surface area contributed by atoms with Crippen LogP contribution in [0.3, 0.4) is 0 Å². The minimum Gasteiger partial charge on any atom is -0.333 e. The summed E-state index contributed by atoms with van der Waals surface area (Å²) in [6, 6.07) is 10.9. The van der Waals surface area contributed by atoms with Crippen LogP contribution in [-0.4, -0.2) is 27.1 Å². The summed E-state index contributed by atoms with van der Waals surface area (Å²) in [6.45, 7) is 12.4. The third-order valence-electron chi connectivity index (χ3n) is 5.77. The average Bonchev–Trinajstić information content (AvgIpc) is 3.34. The summed E-state index contributed by atoms with van der Waals surface area (Å²) in [5.41, 5.74) is 6.30. The molecule has 0 unspecified atom stereocenters. The molecule has 0 fully saturated rings. The lowest BCUT2D eigenvalue weighted by Gasteiger charge is -2.33. The first-order valence-electron chi connectivity index (χ1n) is 10.2. The van der Waals surface area contributed by atoms with Crippen LogP contribution in [-0.2, 0) is 24.3 Å². The van der Waals surface area contributed by atoms with Crippen molar-refractivity contribution in [1.29, 1.82) is 0 Å². The zero-order valence-electron chi connectivity index (χ0n) is 17.3. The molecule has 150 valence electrons. The number of aryl methyl sites for hydroxylation is 2. The Bertz CT molecular complexity index is 1060. The highest BCUT2D eigenvalue weighted by Gasteiger charge is 2.31. The predicted octanol–water partition coefficient (Wildman–Crippen LogP) is 5.16. The van der Waals surface area contributed by atoms with E-state index in [0.29, 0.717) is 13.1 Å². The van der Waals surface area contributed by atoms with Crippen molar-refractivity contribution in [2.75, 3.05) is 6.54 Å². The fourth-order valence-electron chi connectivity index (χ4n) is 4.45. The summed E-state index contributed by atoms with van der Waals surface area (Å²) in [5, 5.41) is 4.61. The molecule has 1 aliphatic rings. The smallest absolute Gasteiger partial charge is 0.246 e. The van der Waals surface area contributed by atoms with Crippen molar-refractivity contribution in [2.45, 2.75) is 46.2 Å². The van der Waals surface area contributed by atoms with Crippen molar-refractivity contribution < 1.29 is 4.79 Å². The summed E-state index contributed by atoms with van der Waals surface area (Å²) < 4.78 is 2.08. The van der Waals surface area contributed by atoms with E-state index in [2.05, 4.69) is 67.5 Å². The standard InChI is InChI=1S/C24H27N3OS/c1-5-22-20(13-25-27(22)7-3)17-10-8-9-11-18(17)21-14-26(24(28)6-2)15-23-19(21)12-16(4)29-23/h6,8-13,21H,2,5,7,14-15H2,1,3-4H3/t21-/m0/s1. The van der Waals surface area contributed by atoms with Crippen LogP contribution < -0.4 is 0 Å². The third-order valence-corrected chi connectivity index (χ3v) is 6.82. The number of aromatic nitrogens is 2. The van der Waals surface area contributed by atoms with Gasteiger partial charge in [-0.3, -0.25) is 9.48 Å². The van der Waals surface area contributed by atoms with Crippen LogP contribution in [0, 0.1) is 6.92 Å². The Morgan fingerprint density at radius 2 is 2.07 bits per heavy atom. The molecule has 0 spiro atoms. The van der Waals surface area contributed by atoms with Crippen LogP contribution in [0.5, 0.6) is 0 Å². The molecule has 2 aromatic heterocycles. The van der Waals surface area contributed by atoms with Crippen LogP contribution in [0.4, 0.5) is 0 Å². The molecule has 0 saturated carbocycles. The summed E-state index contributed by atoms with van der Waals surface area (Å²) >= 11 is 1.79. The maximum absolute atomic E-state index is 12.5. The normalized spacial score (nSPS) is 16.0. The number of hydrogen-bond acceptors (Lipinski definition) is 3. The largest absolute Gasteiger partial charge is 0.333 e. The Kier molecular flexibility index (Phi) is 5.41. The van der Waals surface area contributed by atoms with Crippen LogP contribution >= 0.6 is 11.3 Å². The first-order chi connectivity index (χ1) is 14.1. The van der Waals surface area contributed by atoms with E-state index >= 15 is 0 Å². The van der Waals surface area contributed by atoms with Crippen LogP contribution in [0.25, 0.3) is 11.1 Å². The van der Waals surface area contributed by atoms with E-state index in [1.807, 2.05) is 11.1 Å².